The zero-order chi connectivity index (χ0) is 11.9. The van der Waals surface area contributed by atoms with Crippen LogP contribution in [0.2, 0.25) is 0 Å². The molecule has 0 radical (unpaired) electrons. The van der Waals surface area contributed by atoms with Gasteiger partial charge in [-0.05, 0) is 33.3 Å². The van der Waals surface area contributed by atoms with Crippen molar-refractivity contribution < 1.29 is 9.53 Å². The van der Waals surface area contributed by atoms with Gasteiger partial charge in [0.15, 0.2) is 0 Å². The molecule has 1 aromatic carbocycles. The highest BCUT2D eigenvalue weighted by Gasteiger charge is 2.42. The Balaban J connectivity index is 2.40. The average molecular weight is 218 g/mol. The van der Waals surface area contributed by atoms with Crippen molar-refractivity contribution in [3.63, 3.8) is 0 Å². The van der Waals surface area contributed by atoms with Crippen LogP contribution in [0.25, 0.3) is 0 Å². The zero-order valence-corrected chi connectivity index (χ0v) is 10.3. The average Bonchev–Trinajstić information content (AvgIpc) is 2.37. The third-order valence-electron chi connectivity index (χ3n) is 3.23. The summed E-state index contributed by atoms with van der Waals surface area (Å²) in [5.41, 5.74) is 3.32. The molecule has 2 heteroatoms. The molecule has 1 aliphatic heterocycles. The predicted octanol–water partition coefficient (Wildman–Crippen LogP) is 3.11. The number of carbonyl (C=O) groups excluding carboxylic acids is 1. The lowest BCUT2D eigenvalue weighted by Crippen LogP contribution is -2.25. The molecule has 1 fully saturated rings. The van der Waals surface area contributed by atoms with E-state index in [9.17, 15) is 4.79 Å². The first kappa shape index (κ1) is 11.2. The number of aryl methyl sites for hydroxylation is 2. The Kier molecular flexibility index (Phi) is 2.53. The second kappa shape index (κ2) is 3.62. The molecule has 0 aromatic heterocycles. The van der Waals surface area contributed by atoms with Crippen LogP contribution in [0.5, 0.6) is 0 Å². The fourth-order valence-electron chi connectivity index (χ4n) is 2.55. The van der Waals surface area contributed by atoms with E-state index >= 15 is 0 Å². The van der Waals surface area contributed by atoms with Crippen LogP contribution >= 0.6 is 0 Å². The highest BCUT2D eigenvalue weighted by atomic mass is 16.6. The van der Waals surface area contributed by atoms with Crippen molar-refractivity contribution in [2.45, 2.75) is 45.6 Å². The van der Waals surface area contributed by atoms with Crippen LogP contribution in [-0.4, -0.2) is 11.6 Å². The summed E-state index contributed by atoms with van der Waals surface area (Å²) in [7, 11) is 0. The van der Waals surface area contributed by atoms with E-state index in [1.807, 2.05) is 13.8 Å². The maximum Gasteiger partial charge on any atom is 0.307 e. The molecule has 86 valence electrons. The van der Waals surface area contributed by atoms with Crippen LogP contribution in [0.4, 0.5) is 0 Å². The van der Waals surface area contributed by atoms with Gasteiger partial charge in [-0.3, -0.25) is 4.79 Å². The van der Waals surface area contributed by atoms with Crippen LogP contribution < -0.4 is 0 Å². The van der Waals surface area contributed by atoms with E-state index in [4.69, 9.17) is 4.74 Å². The molecular formula is C14H18O2. The van der Waals surface area contributed by atoms with Gasteiger partial charge in [0.05, 0.1) is 6.42 Å². The van der Waals surface area contributed by atoms with Gasteiger partial charge in [-0.1, -0.05) is 29.3 Å². The standard InChI is InChI=1S/C14H18O2/c1-9-5-10(2)7-11(6-9)12-8-13(15)16-14(12,3)4/h5-7,12H,8H2,1-4H3. The van der Waals surface area contributed by atoms with E-state index in [-0.39, 0.29) is 17.5 Å². The molecule has 2 rings (SSSR count). The van der Waals surface area contributed by atoms with Gasteiger partial charge in [0.2, 0.25) is 0 Å². The third-order valence-corrected chi connectivity index (χ3v) is 3.23. The summed E-state index contributed by atoms with van der Waals surface area (Å²) >= 11 is 0. The molecule has 0 amide bonds. The van der Waals surface area contributed by atoms with Gasteiger partial charge in [0, 0.05) is 5.92 Å². The lowest BCUT2D eigenvalue weighted by atomic mass is 9.83. The van der Waals surface area contributed by atoms with Gasteiger partial charge in [0.1, 0.15) is 5.60 Å². The maximum absolute atomic E-state index is 11.4. The highest BCUT2D eigenvalue weighted by molar-refractivity contribution is 5.74. The van der Waals surface area contributed by atoms with E-state index in [1.54, 1.807) is 0 Å². The van der Waals surface area contributed by atoms with Crippen molar-refractivity contribution in [1.29, 1.82) is 0 Å². The summed E-state index contributed by atoms with van der Waals surface area (Å²) in [6.45, 7) is 8.14. The largest absolute Gasteiger partial charge is 0.459 e. The van der Waals surface area contributed by atoms with Crippen LogP contribution in [0.3, 0.4) is 0 Å². The minimum absolute atomic E-state index is 0.0887. The Morgan fingerprint density at radius 1 is 1.19 bits per heavy atom. The maximum atomic E-state index is 11.4. The summed E-state index contributed by atoms with van der Waals surface area (Å²) in [4.78, 5) is 11.4. The third kappa shape index (κ3) is 1.97. The van der Waals surface area contributed by atoms with Gasteiger partial charge in [-0.25, -0.2) is 0 Å². The quantitative estimate of drug-likeness (QED) is 0.677. The molecule has 1 unspecified atom stereocenters. The molecule has 0 spiro atoms. The number of rotatable bonds is 1. The summed E-state index contributed by atoms with van der Waals surface area (Å²) in [6.07, 6.45) is 0.496. The fourth-order valence-corrected chi connectivity index (χ4v) is 2.55. The Morgan fingerprint density at radius 2 is 1.75 bits per heavy atom. The highest BCUT2D eigenvalue weighted by Crippen LogP contribution is 2.40. The van der Waals surface area contributed by atoms with Gasteiger partial charge < -0.3 is 4.74 Å². The van der Waals surface area contributed by atoms with E-state index in [2.05, 4.69) is 32.0 Å². The van der Waals surface area contributed by atoms with Crippen LogP contribution in [-0.2, 0) is 9.53 Å². The van der Waals surface area contributed by atoms with E-state index < -0.39 is 0 Å². The number of benzene rings is 1. The number of esters is 1. The molecular weight excluding hydrogens is 200 g/mol. The smallest absolute Gasteiger partial charge is 0.307 e. The SMILES string of the molecule is Cc1cc(C)cc(C2CC(=O)OC2(C)C)c1. The molecule has 1 saturated heterocycles. The Hall–Kier alpha value is -1.31. The van der Waals surface area contributed by atoms with E-state index in [0.29, 0.717) is 6.42 Å². The van der Waals surface area contributed by atoms with Crippen molar-refractivity contribution in [3.8, 4) is 0 Å². The molecule has 0 N–H and O–H groups in total. The van der Waals surface area contributed by atoms with Crippen LogP contribution in [0.1, 0.15) is 42.9 Å². The molecule has 0 bridgehead atoms. The molecule has 1 heterocycles. The minimum atomic E-state index is -0.378. The number of carbonyl (C=O) groups is 1. The number of ether oxygens (including phenoxy) is 1. The summed E-state index contributed by atoms with van der Waals surface area (Å²) in [5.74, 6) is 0.0905. The first-order valence-corrected chi connectivity index (χ1v) is 5.68. The Morgan fingerprint density at radius 3 is 2.19 bits per heavy atom. The Labute approximate surface area is 96.6 Å². The normalized spacial score (nSPS) is 23.2. The second-order valence-corrected chi connectivity index (χ2v) is 5.26. The minimum Gasteiger partial charge on any atom is -0.459 e. The van der Waals surface area contributed by atoms with Gasteiger partial charge in [-0.15, -0.1) is 0 Å². The lowest BCUT2D eigenvalue weighted by molar-refractivity contribution is -0.146. The van der Waals surface area contributed by atoms with Crippen molar-refractivity contribution in [3.05, 3.63) is 34.9 Å². The number of hydrogen-bond donors (Lipinski definition) is 0. The lowest BCUT2D eigenvalue weighted by Gasteiger charge is -2.25. The van der Waals surface area contributed by atoms with Crippen molar-refractivity contribution in [1.82, 2.24) is 0 Å². The zero-order valence-electron chi connectivity index (χ0n) is 10.3. The van der Waals surface area contributed by atoms with Gasteiger partial charge in [0.25, 0.3) is 0 Å². The molecule has 2 nitrogen and oxygen atoms in total. The molecule has 0 aliphatic carbocycles. The molecule has 1 aliphatic rings. The molecule has 1 atom stereocenters. The summed E-state index contributed by atoms with van der Waals surface area (Å²) < 4.78 is 5.36. The first-order valence-electron chi connectivity index (χ1n) is 5.68. The Bertz CT molecular complexity index is 412. The fraction of sp³-hybridized carbons (Fsp3) is 0.500. The van der Waals surface area contributed by atoms with Crippen LogP contribution in [0.15, 0.2) is 18.2 Å². The number of hydrogen-bond acceptors (Lipinski definition) is 2. The predicted molar refractivity (Wildman–Crippen MR) is 63.4 cm³/mol. The molecule has 1 aromatic rings. The second-order valence-electron chi connectivity index (χ2n) is 5.26. The van der Waals surface area contributed by atoms with Crippen molar-refractivity contribution >= 4 is 5.97 Å². The summed E-state index contributed by atoms with van der Waals surface area (Å²) in [5, 5.41) is 0. The van der Waals surface area contributed by atoms with E-state index in [0.717, 1.165) is 0 Å². The first-order chi connectivity index (χ1) is 7.38. The van der Waals surface area contributed by atoms with Crippen LogP contribution in [0, 0.1) is 13.8 Å². The molecule has 0 saturated carbocycles. The topological polar surface area (TPSA) is 26.3 Å². The molecule has 16 heavy (non-hydrogen) atoms. The monoisotopic (exact) mass is 218 g/mol. The summed E-state index contributed by atoms with van der Waals surface area (Å²) in [6, 6.07) is 6.46. The van der Waals surface area contributed by atoms with Crippen molar-refractivity contribution in [2.24, 2.45) is 0 Å². The number of cyclic esters (lactones) is 1. The van der Waals surface area contributed by atoms with Gasteiger partial charge in [-0.2, -0.15) is 0 Å². The van der Waals surface area contributed by atoms with E-state index in [1.165, 1.54) is 16.7 Å². The van der Waals surface area contributed by atoms with Crippen molar-refractivity contribution in [2.75, 3.05) is 0 Å². The van der Waals surface area contributed by atoms with Gasteiger partial charge >= 0.3 is 5.97 Å².